The molecule has 3 fully saturated rings. The fourth-order valence-corrected chi connectivity index (χ4v) is 6.74. The topological polar surface area (TPSA) is 37.3 Å². The van der Waals surface area contributed by atoms with Gasteiger partial charge in [0.2, 0.25) is 0 Å². The fraction of sp³-hybridized carbons (Fsp3) is 0.750. The largest absolute Gasteiger partial charge is 0.393 e. The normalized spacial score (nSPS) is 49.5. The van der Waals surface area contributed by atoms with E-state index in [0.717, 1.165) is 38.5 Å². The zero-order chi connectivity index (χ0) is 16.2. The van der Waals surface area contributed by atoms with Gasteiger partial charge in [0.25, 0.3) is 0 Å². The zero-order valence-corrected chi connectivity index (χ0v) is 14.6. The van der Waals surface area contributed by atoms with E-state index < -0.39 is 0 Å². The highest BCUT2D eigenvalue weighted by Gasteiger charge is 2.57. The minimum atomic E-state index is -0.140. The van der Waals surface area contributed by atoms with Crippen LogP contribution in [0.4, 0.5) is 0 Å². The number of carbonyl (C=O) groups excluding carboxylic acids is 1. The Kier molecular flexibility index (Phi) is 3.97. The summed E-state index contributed by atoms with van der Waals surface area (Å²) in [5.41, 5.74) is 3.14. The molecule has 2 unspecified atom stereocenters. The summed E-state index contributed by atoms with van der Waals surface area (Å²) in [7, 11) is 0. The second-order valence-corrected chi connectivity index (χ2v) is 8.75. The molecule has 0 spiro atoms. The van der Waals surface area contributed by atoms with Crippen LogP contribution < -0.4 is 0 Å². The first-order valence-electron chi connectivity index (χ1n) is 9.23. The Bertz CT molecular complexity index is 566. The molecule has 4 aliphatic rings. The Morgan fingerprint density at radius 3 is 2.91 bits per heavy atom. The summed E-state index contributed by atoms with van der Waals surface area (Å²) in [6.07, 6.45) is 11.1. The lowest BCUT2D eigenvalue weighted by Crippen LogP contribution is -2.50. The molecule has 4 rings (SSSR count). The number of hydrogen-bond acceptors (Lipinski definition) is 2. The van der Waals surface area contributed by atoms with Gasteiger partial charge in [0.05, 0.1) is 6.10 Å². The number of aliphatic hydroxyl groups is 1. The van der Waals surface area contributed by atoms with Crippen molar-refractivity contribution < 1.29 is 9.90 Å². The van der Waals surface area contributed by atoms with Crippen molar-refractivity contribution in [3.8, 4) is 0 Å². The first-order chi connectivity index (χ1) is 11.0. The lowest BCUT2D eigenvalue weighted by Gasteiger charge is -2.55. The van der Waals surface area contributed by atoms with E-state index in [2.05, 4.69) is 13.0 Å². The number of halogens is 1. The first kappa shape index (κ1) is 15.9. The summed E-state index contributed by atoms with van der Waals surface area (Å²) in [6, 6.07) is 0. The molecule has 2 nitrogen and oxygen atoms in total. The molecule has 23 heavy (non-hydrogen) atoms. The third-order valence-corrected chi connectivity index (χ3v) is 7.81. The SMILES string of the molecule is C[C@]12CC[C@H]3[C@@H](C(C=CCl)CC4=CC(=O)CC[C@@H]43)[C@@H]1CCC2O. The summed E-state index contributed by atoms with van der Waals surface area (Å²) >= 11 is 5.96. The van der Waals surface area contributed by atoms with Gasteiger partial charge in [-0.05, 0) is 79.6 Å². The molecule has 1 N–H and O–H groups in total. The molecular formula is C20H27ClO2. The van der Waals surface area contributed by atoms with Crippen molar-refractivity contribution in [2.24, 2.45) is 35.0 Å². The van der Waals surface area contributed by atoms with Gasteiger partial charge >= 0.3 is 0 Å². The summed E-state index contributed by atoms with van der Waals surface area (Å²) in [5.74, 6) is 3.23. The summed E-state index contributed by atoms with van der Waals surface area (Å²) in [6.45, 7) is 2.31. The average Bonchev–Trinajstić information content (AvgIpc) is 2.83. The monoisotopic (exact) mass is 334 g/mol. The van der Waals surface area contributed by atoms with E-state index in [1.807, 2.05) is 6.08 Å². The number of carbonyl (C=O) groups is 1. The molecule has 0 bridgehead atoms. The lowest BCUT2D eigenvalue weighted by atomic mass is 9.49. The molecule has 3 heteroatoms. The number of aliphatic hydroxyl groups excluding tert-OH is 1. The Labute approximate surface area is 144 Å². The minimum absolute atomic E-state index is 0.0886. The second kappa shape index (κ2) is 5.74. The summed E-state index contributed by atoms with van der Waals surface area (Å²) < 4.78 is 0. The predicted octanol–water partition coefficient (Wildman–Crippen LogP) is 4.47. The van der Waals surface area contributed by atoms with E-state index in [4.69, 9.17) is 11.6 Å². The smallest absolute Gasteiger partial charge is 0.155 e. The van der Waals surface area contributed by atoms with Crippen molar-refractivity contribution in [3.63, 3.8) is 0 Å². The van der Waals surface area contributed by atoms with Crippen LogP contribution in [0.15, 0.2) is 23.3 Å². The van der Waals surface area contributed by atoms with E-state index >= 15 is 0 Å². The minimum Gasteiger partial charge on any atom is -0.393 e. The number of ketones is 1. The molecule has 0 aromatic heterocycles. The molecule has 0 heterocycles. The summed E-state index contributed by atoms with van der Waals surface area (Å²) in [4.78, 5) is 11.9. The highest BCUT2D eigenvalue weighted by molar-refractivity contribution is 6.25. The Balaban J connectivity index is 1.72. The molecule has 0 aromatic carbocycles. The molecule has 0 radical (unpaired) electrons. The van der Waals surface area contributed by atoms with Gasteiger partial charge < -0.3 is 5.11 Å². The van der Waals surface area contributed by atoms with Gasteiger partial charge in [-0.15, -0.1) is 0 Å². The third-order valence-electron chi connectivity index (χ3n) is 7.66. The highest BCUT2D eigenvalue weighted by Crippen LogP contribution is 2.63. The molecule has 3 saturated carbocycles. The molecule has 7 atom stereocenters. The van der Waals surface area contributed by atoms with Crippen LogP contribution in [0.2, 0.25) is 0 Å². The Morgan fingerprint density at radius 1 is 1.30 bits per heavy atom. The standard InChI is InChI=1S/C20H27ClO2/c1-20-8-6-16-15-3-2-14(22)11-13(15)10-12(7-9-21)19(16)17(20)4-5-18(20)23/h7,9,11-12,15-19,23H,2-6,8,10H2,1H3/t12?,15-,16+,17-,18?,19+,20-/m0/s1. The van der Waals surface area contributed by atoms with Crippen molar-refractivity contribution in [2.75, 3.05) is 0 Å². The zero-order valence-electron chi connectivity index (χ0n) is 13.9. The van der Waals surface area contributed by atoms with Crippen molar-refractivity contribution in [1.29, 1.82) is 0 Å². The first-order valence-corrected chi connectivity index (χ1v) is 9.66. The van der Waals surface area contributed by atoms with Crippen LogP contribution >= 0.6 is 11.6 Å². The molecular weight excluding hydrogens is 308 g/mol. The maximum Gasteiger partial charge on any atom is 0.155 e. The molecule has 0 saturated heterocycles. The maximum atomic E-state index is 11.9. The van der Waals surface area contributed by atoms with E-state index in [0.29, 0.717) is 35.4 Å². The molecule has 4 aliphatic carbocycles. The van der Waals surface area contributed by atoms with Crippen LogP contribution in [0.3, 0.4) is 0 Å². The predicted molar refractivity (Wildman–Crippen MR) is 92.0 cm³/mol. The Morgan fingerprint density at radius 2 is 2.13 bits per heavy atom. The highest BCUT2D eigenvalue weighted by atomic mass is 35.5. The van der Waals surface area contributed by atoms with Crippen molar-refractivity contribution in [2.45, 2.75) is 58.0 Å². The van der Waals surface area contributed by atoms with Crippen LogP contribution in [-0.4, -0.2) is 17.0 Å². The van der Waals surface area contributed by atoms with Gasteiger partial charge in [0, 0.05) is 12.0 Å². The molecule has 0 amide bonds. The second-order valence-electron chi connectivity index (χ2n) is 8.50. The Hall–Kier alpha value is -0.600. The number of rotatable bonds is 1. The average molecular weight is 335 g/mol. The van der Waals surface area contributed by atoms with Gasteiger partial charge in [0.15, 0.2) is 5.78 Å². The third kappa shape index (κ3) is 2.36. The van der Waals surface area contributed by atoms with Gasteiger partial charge in [0.1, 0.15) is 0 Å². The van der Waals surface area contributed by atoms with Crippen LogP contribution in [0.5, 0.6) is 0 Å². The van der Waals surface area contributed by atoms with E-state index in [1.54, 1.807) is 5.54 Å². The summed E-state index contributed by atoms with van der Waals surface area (Å²) in [5, 5.41) is 10.6. The quantitative estimate of drug-likeness (QED) is 0.768. The number of fused-ring (bicyclic) bond motifs is 5. The van der Waals surface area contributed by atoms with Crippen LogP contribution in [0.1, 0.15) is 51.9 Å². The number of allylic oxidation sites excluding steroid dienone is 2. The van der Waals surface area contributed by atoms with Crippen molar-refractivity contribution >= 4 is 17.4 Å². The van der Waals surface area contributed by atoms with Gasteiger partial charge in [-0.25, -0.2) is 0 Å². The van der Waals surface area contributed by atoms with Crippen LogP contribution in [-0.2, 0) is 4.79 Å². The van der Waals surface area contributed by atoms with Gasteiger partial charge in [-0.1, -0.05) is 30.2 Å². The van der Waals surface area contributed by atoms with Gasteiger partial charge in [-0.2, -0.15) is 0 Å². The van der Waals surface area contributed by atoms with E-state index in [-0.39, 0.29) is 11.5 Å². The van der Waals surface area contributed by atoms with Crippen LogP contribution in [0, 0.1) is 35.0 Å². The van der Waals surface area contributed by atoms with Crippen molar-refractivity contribution in [1.82, 2.24) is 0 Å². The van der Waals surface area contributed by atoms with Crippen molar-refractivity contribution in [3.05, 3.63) is 23.3 Å². The fourth-order valence-electron chi connectivity index (χ4n) is 6.55. The molecule has 126 valence electrons. The number of hydrogen-bond donors (Lipinski definition) is 1. The van der Waals surface area contributed by atoms with E-state index in [1.165, 1.54) is 12.0 Å². The molecule has 0 aliphatic heterocycles. The maximum absolute atomic E-state index is 11.9. The molecule has 0 aromatic rings. The lowest BCUT2D eigenvalue weighted by molar-refractivity contribution is -0.116. The van der Waals surface area contributed by atoms with Gasteiger partial charge in [-0.3, -0.25) is 4.79 Å². The van der Waals surface area contributed by atoms with E-state index in [9.17, 15) is 9.90 Å². The van der Waals surface area contributed by atoms with Crippen LogP contribution in [0.25, 0.3) is 0 Å².